The summed E-state index contributed by atoms with van der Waals surface area (Å²) in [5.74, 6) is -1.92. The Labute approximate surface area is 118 Å². The summed E-state index contributed by atoms with van der Waals surface area (Å²) < 4.78 is 9.42. The van der Waals surface area contributed by atoms with Crippen LogP contribution in [0.1, 0.15) is 26.2 Å². The van der Waals surface area contributed by atoms with Crippen molar-refractivity contribution in [2.24, 2.45) is 11.3 Å². The molecule has 0 N–H and O–H groups in total. The summed E-state index contributed by atoms with van der Waals surface area (Å²) in [4.78, 5) is 35.8. The van der Waals surface area contributed by atoms with E-state index >= 15 is 0 Å². The molecule has 0 heterocycles. The number of ketones is 1. The first kappa shape index (κ1) is 16.1. The average molecular weight is 280 g/mol. The number of methoxy groups -OCH3 is 2. The summed E-state index contributed by atoms with van der Waals surface area (Å²) in [7, 11) is 2.52. The van der Waals surface area contributed by atoms with Gasteiger partial charge in [-0.1, -0.05) is 25.2 Å². The molecular formula is C15H20O5. The van der Waals surface area contributed by atoms with Gasteiger partial charge < -0.3 is 9.47 Å². The first-order chi connectivity index (χ1) is 9.52. The Bertz CT molecular complexity index is 449. The van der Waals surface area contributed by atoms with Crippen LogP contribution in [-0.2, 0) is 23.9 Å². The number of carbonyl (C=O) groups is 3. The normalized spacial score (nSPS) is 25.1. The predicted molar refractivity (Wildman–Crippen MR) is 72.8 cm³/mol. The average Bonchev–Trinajstić information content (AvgIpc) is 2.76. The zero-order valence-corrected chi connectivity index (χ0v) is 12.0. The van der Waals surface area contributed by atoms with Crippen LogP contribution in [0.25, 0.3) is 0 Å². The van der Waals surface area contributed by atoms with E-state index in [1.807, 2.05) is 13.0 Å². The molecule has 0 saturated heterocycles. The molecule has 0 aromatic carbocycles. The predicted octanol–water partition coefficient (Wildman–Crippen LogP) is 1.82. The molecule has 0 aromatic heterocycles. The summed E-state index contributed by atoms with van der Waals surface area (Å²) >= 11 is 0. The largest absolute Gasteiger partial charge is 0.469 e. The fourth-order valence-electron chi connectivity index (χ4n) is 2.41. The number of esters is 2. The Hall–Kier alpha value is -1.91. The van der Waals surface area contributed by atoms with E-state index < -0.39 is 23.3 Å². The fourth-order valence-corrected chi connectivity index (χ4v) is 2.41. The van der Waals surface area contributed by atoms with Gasteiger partial charge in [0.05, 0.1) is 20.6 Å². The molecule has 2 atom stereocenters. The van der Waals surface area contributed by atoms with E-state index in [9.17, 15) is 14.4 Å². The Kier molecular flexibility index (Phi) is 5.67. The number of hydrogen-bond donors (Lipinski definition) is 0. The lowest BCUT2D eigenvalue weighted by Gasteiger charge is -2.29. The molecule has 0 amide bonds. The lowest BCUT2D eigenvalue weighted by molar-refractivity contribution is -0.159. The quantitative estimate of drug-likeness (QED) is 0.421. The van der Waals surface area contributed by atoms with Crippen LogP contribution in [0.15, 0.2) is 24.3 Å². The van der Waals surface area contributed by atoms with Crippen LogP contribution in [0.2, 0.25) is 0 Å². The molecule has 1 aliphatic rings. The van der Waals surface area contributed by atoms with Gasteiger partial charge in [0.15, 0.2) is 5.78 Å². The molecule has 0 saturated carbocycles. The minimum atomic E-state index is -1.34. The van der Waals surface area contributed by atoms with Crippen LogP contribution in [0, 0.1) is 11.3 Å². The second kappa shape index (κ2) is 7.03. The maximum atomic E-state index is 12.2. The lowest BCUT2D eigenvalue weighted by Crippen LogP contribution is -2.42. The maximum absolute atomic E-state index is 12.2. The van der Waals surface area contributed by atoms with Gasteiger partial charge in [0.2, 0.25) is 0 Å². The van der Waals surface area contributed by atoms with E-state index in [1.54, 1.807) is 12.2 Å². The van der Waals surface area contributed by atoms with Crippen LogP contribution in [0.4, 0.5) is 0 Å². The summed E-state index contributed by atoms with van der Waals surface area (Å²) in [5.41, 5.74) is -1.34. The summed E-state index contributed by atoms with van der Waals surface area (Å²) in [5, 5.41) is 0. The molecular weight excluding hydrogens is 260 g/mol. The van der Waals surface area contributed by atoms with E-state index in [4.69, 9.17) is 4.74 Å². The van der Waals surface area contributed by atoms with E-state index in [0.717, 1.165) is 6.42 Å². The van der Waals surface area contributed by atoms with Crippen LogP contribution >= 0.6 is 0 Å². The minimum Gasteiger partial charge on any atom is -0.469 e. The van der Waals surface area contributed by atoms with Crippen LogP contribution in [0.5, 0.6) is 0 Å². The SMILES string of the molecule is CCC=CCC1(C(=O)OC)C(=O)C=CC1CC(=O)OC. The topological polar surface area (TPSA) is 69.7 Å². The van der Waals surface area contributed by atoms with Crippen LogP contribution in [0.3, 0.4) is 0 Å². The van der Waals surface area contributed by atoms with E-state index in [0.29, 0.717) is 0 Å². The highest BCUT2D eigenvalue weighted by atomic mass is 16.5. The number of ether oxygens (including phenoxy) is 2. The molecule has 0 fully saturated rings. The van der Waals surface area contributed by atoms with Crippen LogP contribution < -0.4 is 0 Å². The van der Waals surface area contributed by atoms with Crippen molar-refractivity contribution in [3.8, 4) is 0 Å². The molecule has 0 aliphatic heterocycles. The highest BCUT2D eigenvalue weighted by Gasteiger charge is 2.53. The first-order valence-corrected chi connectivity index (χ1v) is 6.55. The number of carbonyl (C=O) groups excluding carboxylic acids is 3. The third-order valence-electron chi connectivity index (χ3n) is 3.56. The van der Waals surface area contributed by atoms with Crippen molar-refractivity contribution in [1.82, 2.24) is 0 Å². The fraction of sp³-hybridized carbons (Fsp3) is 0.533. The van der Waals surface area contributed by atoms with E-state index in [2.05, 4.69) is 4.74 Å². The van der Waals surface area contributed by atoms with Gasteiger partial charge in [0.1, 0.15) is 5.41 Å². The van der Waals surface area contributed by atoms with Crippen molar-refractivity contribution in [3.05, 3.63) is 24.3 Å². The number of hydrogen-bond acceptors (Lipinski definition) is 5. The van der Waals surface area contributed by atoms with Gasteiger partial charge in [-0.05, 0) is 18.9 Å². The smallest absolute Gasteiger partial charge is 0.320 e. The summed E-state index contributed by atoms with van der Waals surface area (Å²) in [6, 6.07) is 0. The number of allylic oxidation sites excluding steroid dienone is 4. The highest BCUT2D eigenvalue weighted by Crippen LogP contribution is 2.42. The van der Waals surface area contributed by atoms with E-state index in [1.165, 1.54) is 20.3 Å². The van der Waals surface area contributed by atoms with Gasteiger partial charge in [0, 0.05) is 5.92 Å². The van der Waals surface area contributed by atoms with Gasteiger partial charge in [-0.25, -0.2) is 0 Å². The number of rotatable bonds is 6. The molecule has 1 rings (SSSR count). The zero-order valence-electron chi connectivity index (χ0n) is 12.0. The van der Waals surface area contributed by atoms with Crippen molar-refractivity contribution >= 4 is 17.7 Å². The van der Waals surface area contributed by atoms with Crippen LogP contribution in [-0.4, -0.2) is 31.9 Å². The Balaban J connectivity index is 3.09. The highest BCUT2D eigenvalue weighted by molar-refractivity contribution is 6.12. The lowest BCUT2D eigenvalue weighted by atomic mass is 9.72. The molecule has 110 valence electrons. The van der Waals surface area contributed by atoms with Gasteiger partial charge in [-0.15, -0.1) is 0 Å². The second-order valence-electron chi connectivity index (χ2n) is 4.66. The molecule has 0 radical (unpaired) electrons. The zero-order chi connectivity index (χ0) is 15.2. The van der Waals surface area contributed by atoms with Gasteiger partial charge >= 0.3 is 11.9 Å². The minimum absolute atomic E-state index is 0.0200. The third-order valence-corrected chi connectivity index (χ3v) is 3.56. The standard InChI is InChI=1S/C15H20O5/c1-4-5-6-9-15(14(18)20-3)11(7-8-12(15)16)10-13(17)19-2/h5-8,11H,4,9-10H2,1-3H3. The van der Waals surface area contributed by atoms with Crippen molar-refractivity contribution in [1.29, 1.82) is 0 Å². The Morgan fingerprint density at radius 3 is 2.55 bits per heavy atom. The molecule has 5 heteroatoms. The molecule has 1 aliphatic carbocycles. The molecule has 0 aromatic rings. The second-order valence-corrected chi connectivity index (χ2v) is 4.66. The molecule has 0 bridgehead atoms. The monoisotopic (exact) mass is 280 g/mol. The Morgan fingerprint density at radius 2 is 2.00 bits per heavy atom. The maximum Gasteiger partial charge on any atom is 0.320 e. The molecule has 0 spiro atoms. The molecule has 2 unspecified atom stereocenters. The van der Waals surface area contributed by atoms with Crippen molar-refractivity contribution in [2.75, 3.05) is 14.2 Å². The first-order valence-electron chi connectivity index (χ1n) is 6.55. The molecule has 20 heavy (non-hydrogen) atoms. The summed E-state index contributed by atoms with van der Waals surface area (Å²) in [6.45, 7) is 1.96. The summed E-state index contributed by atoms with van der Waals surface area (Å²) in [6.07, 6.45) is 7.62. The van der Waals surface area contributed by atoms with Crippen molar-refractivity contribution in [2.45, 2.75) is 26.2 Å². The third kappa shape index (κ3) is 2.98. The van der Waals surface area contributed by atoms with Crippen molar-refractivity contribution < 1.29 is 23.9 Å². The Morgan fingerprint density at radius 1 is 1.30 bits per heavy atom. The molecule has 5 nitrogen and oxygen atoms in total. The van der Waals surface area contributed by atoms with Gasteiger partial charge in [-0.2, -0.15) is 0 Å². The van der Waals surface area contributed by atoms with Crippen molar-refractivity contribution in [3.63, 3.8) is 0 Å². The van der Waals surface area contributed by atoms with Gasteiger partial charge in [0.25, 0.3) is 0 Å². The van der Waals surface area contributed by atoms with E-state index in [-0.39, 0.29) is 18.6 Å². The van der Waals surface area contributed by atoms with Gasteiger partial charge in [-0.3, -0.25) is 14.4 Å².